The lowest BCUT2D eigenvalue weighted by Gasteiger charge is -2.19. The SMILES string of the molecule is CCCCCCCCCCCCCCCNC(=O)OCC1COC(COC(=O)N(Cc2cccc[n+]2CC)C(C)=O)O1.[I-]. The van der Waals surface area contributed by atoms with Crippen LogP contribution < -0.4 is 33.9 Å². The highest BCUT2D eigenvalue weighted by Crippen LogP contribution is 2.14. The molecule has 2 unspecified atom stereocenters. The number of unbranched alkanes of at least 4 members (excludes halogenated alkanes) is 12. The molecule has 1 aliphatic heterocycles. The number of amides is 3. The number of aryl methyl sites for hydroxylation is 1. The molecule has 3 amide bonds. The third-order valence-electron chi connectivity index (χ3n) is 7.40. The summed E-state index contributed by atoms with van der Waals surface area (Å²) >= 11 is 0. The summed E-state index contributed by atoms with van der Waals surface area (Å²) < 4.78 is 23.7. The van der Waals surface area contributed by atoms with Crippen molar-refractivity contribution in [2.75, 3.05) is 26.4 Å². The Balaban J connectivity index is 0.00000924. The van der Waals surface area contributed by atoms with E-state index in [0.29, 0.717) is 13.1 Å². The molecule has 1 aromatic rings. The molecule has 2 rings (SSSR count). The highest BCUT2D eigenvalue weighted by atomic mass is 127. The first-order chi connectivity index (χ1) is 20.4. The first-order valence-corrected chi connectivity index (χ1v) is 16.0. The van der Waals surface area contributed by atoms with Crippen molar-refractivity contribution in [1.82, 2.24) is 10.2 Å². The summed E-state index contributed by atoms with van der Waals surface area (Å²) in [7, 11) is 0. The molecule has 246 valence electrons. The Morgan fingerprint density at radius 1 is 0.907 bits per heavy atom. The number of imide groups is 1. The summed E-state index contributed by atoms with van der Waals surface area (Å²) in [6, 6.07) is 5.60. The van der Waals surface area contributed by atoms with E-state index < -0.39 is 30.5 Å². The molecule has 0 spiro atoms. The van der Waals surface area contributed by atoms with Gasteiger partial charge in [-0.2, -0.15) is 0 Å². The molecule has 2 atom stereocenters. The maximum atomic E-state index is 12.6. The molecule has 43 heavy (non-hydrogen) atoms. The Hall–Kier alpha value is -1.99. The summed E-state index contributed by atoms with van der Waals surface area (Å²) in [5, 5.41) is 2.78. The number of carbonyl (C=O) groups excluding carboxylic acids is 3. The number of ether oxygens (including phenoxy) is 4. The van der Waals surface area contributed by atoms with Crippen molar-refractivity contribution in [3.8, 4) is 0 Å². The predicted octanol–water partition coefficient (Wildman–Crippen LogP) is 3.04. The van der Waals surface area contributed by atoms with Crippen LogP contribution in [-0.4, -0.2) is 61.8 Å². The van der Waals surface area contributed by atoms with E-state index in [1.807, 2.05) is 35.9 Å². The second kappa shape index (κ2) is 24.3. The lowest BCUT2D eigenvalue weighted by molar-refractivity contribution is -0.701. The van der Waals surface area contributed by atoms with Crippen LogP contribution in [0.5, 0.6) is 0 Å². The molecule has 11 heteroatoms. The fraction of sp³-hybridized carbons (Fsp3) is 0.750. The molecular weight excluding hydrogens is 665 g/mol. The Morgan fingerprint density at radius 3 is 2.14 bits per heavy atom. The van der Waals surface area contributed by atoms with Gasteiger partial charge < -0.3 is 48.2 Å². The Labute approximate surface area is 275 Å². The van der Waals surface area contributed by atoms with Crippen LogP contribution >= 0.6 is 0 Å². The topological polar surface area (TPSA) is 107 Å². The van der Waals surface area contributed by atoms with Crippen LogP contribution in [0.1, 0.15) is 110 Å². The fourth-order valence-corrected chi connectivity index (χ4v) is 4.88. The van der Waals surface area contributed by atoms with Crippen LogP contribution in [0.3, 0.4) is 0 Å². The molecular formula is C32H54IN3O7. The van der Waals surface area contributed by atoms with Crippen molar-refractivity contribution >= 4 is 18.1 Å². The van der Waals surface area contributed by atoms with Gasteiger partial charge in [0.1, 0.15) is 32.4 Å². The van der Waals surface area contributed by atoms with Crippen molar-refractivity contribution in [3.63, 3.8) is 0 Å². The van der Waals surface area contributed by atoms with Crippen molar-refractivity contribution in [2.45, 2.75) is 130 Å². The summed E-state index contributed by atoms with van der Waals surface area (Å²) in [4.78, 5) is 37.8. The standard InChI is InChI=1S/C32H53N3O7.HI/c1-4-6-7-8-9-10-11-12-13-14-15-16-18-21-33-31(37)40-25-29-24-39-30(42-29)26-41-32(38)35(27(3)36)23-28-20-17-19-22-34(28)5-2;/h17,19-20,22,29-30H,4-16,18,21,23-26H2,1-3H3;1H. The molecule has 1 saturated heterocycles. The van der Waals surface area contributed by atoms with Crippen LogP contribution in [-0.2, 0) is 36.8 Å². The molecule has 0 saturated carbocycles. The maximum absolute atomic E-state index is 12.6. The molecule has 0 radical (unpaired) electrons. The molecule has 10 nitrogen and oxygen atoms in total. The van der Waals surface area contributed by atoms with E-state index >= 15 is 0 Å². The number of hydrogen-bond acceptors (Lipinski definition) is 7. The van der Waals surface area contributed by atoms with Gasteiger partial charge in [-0.25, -0.2) is 19.1 Å². The number of carbonyl (C=O) groups is 3. The van der Waals surface area contributed by atoms with E-state index in [1.165, 1.54) is 77.6 Å². The molecule has 1 aromatic heterocycles. The number of alkyl carbamates (subject to hydrolysis) is 1. The van der Waals surface area contributed by atoms with Crippen LogP contribution in [0.4, 0.5) is 9.59 Å². The van der Waals surface area contributed by atoms with E-state index in [-0.39, 0.29) is 50.3 Å². The van der Waals surface area contributed by atoms with E-state index in [9.17, 15) is 14.4 Å². The number of rotatable bonds is 21. The van der Waals surface area contributed by atoms with Crippen molar-refractivity contribution in [3.05, 3.63) is 30.1 Å². The zero-order valence-corrected chi connectivity index (χ0v) is 28.7. The summed E-state index contributed by atoms with van der Waals surface area (Å²) in [6.45, 7) is 7.04. The molecule has 1 N–H and O–H groups in total. The number of hydrogen-bond donors (Lipinski definition) is 1. The zero-order valence-electron chi connectivity index (χ0n) is 26.5. The Morgan fingerprint density at radius 2 is 1.53 bits per heavy atom. The normalized spacial score (nSPS) is 15.9. The number of nitrogens with zero attached hydrogens (tertiary/aromatic N) is 2. The van der Waals surface area contributed by atoms with Gasteiger partial charge in [0.15, 0.2) is 12.5 Å². The number of aromatic nitrogens is 1. The van der Waals surface area contributed by atoms with Gasteiger partial charge in [0, 0.05) is 25.6 Å². The minimum absolute atomic E-state index is 0. The van der Waals surface area contributed by atoms with E-state index in [4.69, 9.17) is 18.9 Å². The summed E-state index contributed by atoms with van der Waals surface area (Å²) in [5.41, 5.74) is 0.810. The highest BCUT2D eigenvalue weighted by Gasteiger charge is 2.30. The smallest absolute Gasteiger partial charge is 0.417 e. The van der Waals surface area contributed by atoms with Gasteiger partial charge in [0.2, 0.25) is 11.6 Å². The first-order valence-electron chi connectivity index (χ1n) is 16.0. The molecule has 0 aliphatic carbocycles. The number of halogens is 1. The molecule has 1 aliphatic rings. The quantitative estimate of drug-likeness (QED) is 0.118. The van der Waals surface area contributed by atoms with Gasteiger partial charge in [-0.3, -0.25) is 4.79 Å². The Bertz CT molecular complexity index is 921. The van der Waals surface area contributed by atoms with Gasteiger partial charge in [-0.15, -0.1) is 0 Å². The number of pyridine rings is 1. The molecule has 2 heterocycles. The van der Waals surface area contributed by atoms with Gasteiger partial charge in [0.05, 0.1) is 6.61 Å². The third-order valence-corrected chi connectivity index (χ3v) is 7.40. The minimum Gasteiger partial charge on any atom is -1.00 e. The van der Waals surface area contributed by atoms with Crippen molar-refractivity contribution < 1.29 is 61.9 Å². The number of nitrogens with one attached hydrogen (secondary N) is 1. The van der Waals surface area contributed by atoms with Gasteiger partial charge >= 0.3 is 12.2 Å². The van der Waals surface area contributed by atoms with Crippen LogP contribution in [0.15, 0.2) is 24.4 Å². The van der Waals surface area contributed by atoms with Crippen molar-refractivity contribution in [1.29, 1.82) is 0 Å². The zero-order chi connectivity index (χ0) is 30.4. The van der Waals surface area contributed by atoms with E-state index in [1.54, 1.807) is 0 Å². The third kappa shape index (κ3) is 17.2. The van der Waals surface area contributed by atoms with E-state index in [0.717, 1.165) is 23.4 Å². The largest absolute Gasteiger partial charge is 1.00 e. The second-order valence-corrected chi connectivity index (χ2v) is 10.9. The molecule has 0 bridgehead atoms. The minimum atomic E-state index is -0.789. The predicted molar refractivity (Wildman–Crippen MR) is 160 cm³/mol. The second-order valence-electron chi connectivity index (χ2n) is 10.9. The summed E-state index contributed by atoms with van der Waals surface area (Å²) in [6.07, 6.45) is 16.1. The van der Waals surface area contributed by atoms with Gasteiger partial charge in [-0.1, -0.05) is 90.0 Å². The van der Waals surface area contributed by atoms with Crippen LogP contribution in [0, 0.1) is 0 Å². The highest BCUT2D eigenvalue weighted by molar-refractivity contribution is 5.90. The molecule has 0 aromatic carbocycles. The van der Waals surface area contributed by atoms with Crippen molar-refractivity contribution in [2.24, 2.45) is 0 Å². The lowest BCUT2D eigenvalue weighted by atomic mass is 10.0. The average molecular weight is 720 g/mol. The van der Waals surface area contributed by atoms with Crippen LogP contribution in [0.2, 0.25) is 0 Å². The molecule has 1 fully saturated rings. The lowest BCUT2D eigenvalue weighted by Crippen LogP contribution is -3.00. The monoisotopic (exact) mass is 719 g/mol. The van der Waals surface area contributed by atoms with E-state index in [2.05, 4.69) is 12.2 Å². The first kappa shape index (κ1) is 39.0. The average Bonchev–Trinajstić information content (AvgIpc) is 3.45. The summed E-state index contributed by atoms with van der Waals surface area (Å²) in [5.74, 6) is -0.421. The Kier molecular flexibility index (Phi) is 22.1. The maximum Gasteiger partial charge on any atom is 0.417 e. The fourth-order valence-electron chi connectivity index (χ4n) is 4.88. The van der Waals surface area contributed by atoms with Crippen LogP contribution in [0.25, 0.3) is 0 Å². The van der Waals surface area contributed by atoms with Gasteiger partial charge in [-0.05, 0) is 13.3 Å². The van der Waals surface area contributed by atoms with Gasteiger partial charge in [0.25, 0.3) is 0 Å².